The van der Waals surface area contributed by atoms with Gasteiger partial charge in [-0.15, -0.1) is 11.3 Å². The second-order valence-corrected chi connectivity index (χ2v) is 6.60. The van der Waals surface area contributed by atoms with Crippen LogP contribution in [-0.4, -0.2) is 15.8 Å². The topological polar surface area (TPSA) is 85.1 Å². The maximum atomic E-state index is 12.3. The van der Waals surface area contributed by atoms with E-state index in [1.165, 1.54) is 41.2 Å². The highest BCUT2D eigenvalue weighted by atomic mass is 32.1. The van der Waals surface area contributed by atoms with Crippen LogP contribution < -0.4 is 5.32 Å². The third-order valence-corrected chi connectivity index (χ3v) is 4.59. The number of aromatic nitrogens is 1. The third-order valence-electron chi connectivity index (χ3n) is 3.83. The number of nitrogens with zero attached hydrogens (tertiary/aromatic N) is 2. The molecule has 0 atom stereocenters. The van der Waals surface area contributed by atoms with E-state index in [4.69, 9.17) is 0 Å². The lowest BCUT2D eigenvalue weighted by Crippen LogP contribution is -2.11. The molecule has 0 bridgehead atoms. The normalized spacial score (nSPS) is 10.5. The number of hydrogen-bond acceptors (Lipinski definition) is 5. The Morgan fingerprint density at radius 1 is 1.23 bits per heavy atom. The highest BCUT2D eigenvalue weighted by Gasteiger charge is 2.13. The van der Waals surface area contributed by atoms with Gasteiger partial charge in [0, 0.05) is 28.6 Å². The van der Waals surface area contributed by atoms with E-state index in [2.05, 4.69) is 29.4 Å². The van der Waals surface area contributed by atoms with Crippen LogP contribution in [0.4, 0.5) is 10.8 Å². The number of carbonyl (C=O) groups is 1. The average molecular weight is 367 g/mol. The van der Waals surface area contributed by atoms with E-state index in [0.717, 1.165) is 24.1 Å². The second-order valence-electron chi connectivity index (χ2n) is 5.75. The van der Waals surface area contributed by atoms with Crippen molar-refractivity contribution in [3.63, 3.8) is 0 Å². The molecule has 1 amide bonds. The van der Waals surface area contributed by atoms with E-state index in [0.29, 0.717) is 5.13 Å². The average Bonchev–Trinajstić information content (AvgIpc) is 3.11. The number of amides is 1. The molecule has 26 heavy (non-hydrogen) atoms. The second kappa shape index (κ2) is 7.88. The first-order valence-electron chi connectivity index (χ1n) is 8.17. The zero-order valence-corrected chi connectivity index (χ0v) is 15.0. The maximum absolute atomic E-state index is 12.3. The number of thiazole rings is 1. The van der Waals surface area contributed by atoms with Gasteiger partial charge in [0.15, 0.2) is 5.13 Å². The van der Waals surface area contributed by atoms with Crippen LogP contribution in [0, 0.1) is 10.1 Å². The lowest BCUT2D eigenvalue weighted by molar-refractivity contribution is -0.384. The zero-order chi connectivity index (χ0) is 18.5. The van der Waals surface area contributed by atoms with Crippen molar-refractivity contribution in [1.29, 1.82) is 0 Å². The summed E-state index contributed by atoms with van der Waals surface area (Å²) in [5.41, 5.74) is 3.15. The van der Waals surface area contributed by atoms with Gasteiger partial charge < -0.3 is 0 Å². The fourth-order valence-corrected chi connectivity index (χ4v) is 3.24. The molecule has 1 aromatic heterocycles. The van der Waals surface area contributed by atoms with Crippen molar-refractivity contribution in [2.45, 2.75) is 19.8 Å². The lowest BCUT2D eigenvalue weighted by atomic mass is 10.1. The number of carbonyl (C=O) groups excluding carboxylic acids is 1. The smallest absolute Gasteiger partial charge is 0.270 e. The zero-order valence-electron chi connectivity index (χ0n) is 14.1. The van der Waals surface area contributed by atoms with E-state index in [9.17, 15) is 14.9 Å². The molecular weight excluding hydrogens is 350 g/mol. The number of benzene rings is 2. The molecule has 1 N–H and O–H groups in total. The van der Waals surface area contributed by atoms with Crippen molar-refractivity contribution in [1.82, 2.24) is 4.98 Å². The fraction of sp³-hybridized carbons (Fsp3) is 0.158. The summed E-state index contributed by atoms with van der Waals surface area (Å²) in [6.07, 6.45) is 2.14. The molecule has 2 aromatic carbocycles. The van der Waals surface area contributed by atoms with Crippen molar-refractivity contribution in [2.75, 3.05) is 5.32 Å². The molecule has 3 rings (SSSR count). The largest absolute Gasteiger partial charge is 0.298 e. The van der Waals surface area contributed by atoms with Gasteiger partial charge in [-0.25, -0.2) is 4.98 Å². The Kier molecular flexibility index (Phi) is 5.38. The van der Waals surface area contributed by atoms with Crippen molar-refractivity contribution in [3.8, 4) is 11.3 Å². The Morgan fingerprint density at radius 2 is 2.00 bits per heavy atom. The Morgan fingerprint density at radius 3 is 2.69 bits per heavy atom. The van der Waals surface area contributed by atoms with E-state index in [1.54, 1.807) is 0 Å². The van der Waals surface area contributed by atoms with E-state index < -0.39 is 10.8 Å². The summed E-state index contributed by atoms with van der Waals surface area (Å²) >= 11 is 1.32. The number of nitro benzene ring substituents is 1. The summed E-state index contributed by atoms with van der Waals surface area (Å²) in [6.45, 7) is 2.14. The first-order chi connectivity index (χ1) is 12.6. The van der Waals surface area contributed by atoms with Crippen molar-refractivity contribution in [2.24, 2.45) is 0 Å². The number of non-ortho nitro benzene ring substituents is 1. The van der Waals surface area contributed by atoms with Crippen LogP contribution >= 0.6 is 11.3 Å². The molecule has 0 fully saturated rings. The van der Waals surface area contributed by atoms with Crippen LogP contribution in [0.1, 0.15) is 29.3 Å². The Bertz CT molecular complexity index is 935. The summed E-state index contributed by atoms with van der Waals surface area (Å²) in [6, 6.07) is 13.8. The van der Waals surface area contributed by atoms with Gasteiger partial charge in [0.2, 0.25) is 0 Å². The summed E-state index contributed by atoms with van der Waals surface area (Å²) in [5, 5.41) is 15.8. The van der Waals surface area contributed by atoms with Gasteiger partial charge >= 0.3 is 0 Å². The van der Waals surface area contributed by atoms with Gasteiger partial charge in [0.05, 0.1) is 10.6 Å². The molecule has 0 unspecified atom stereocenters. The van der Waals surface area contributed by atoms with Gasteiger partial charge in [-0.2, -0.15) is 0 Å². The predicted molar refractivity (Wildman–Crippen MR) is 103 cm³/mol. The van der Waals surface area contributed by atoms with Crippen molar-refractivity contribution >= 4 is 28.1 Å². The van der Waals surface area contributed by atoms with Gasteiger partial charge in [-0.3, -0.25) is 20.2 Å². The predicted octanol–water partition coefficient (Wildman–Crippen LogP) is 4.92. The number of hydrogen-bond donors (Lipinski definition) is 1. The Hall–Kier alpha value is -3.06. The van der Waals surface area contributed by atoms with Crippen LogP contribution in [0.2, 0.25) is 0 Å². The highest BCUT2D eigenvalue weighted by Crippen LogP contribution is 2.26. The van der Waals surface area contributed by atoms with Crippen LogP contribution in [-0.2, 0) is 6.42 Å². The first kappa shape index (κ1) is 17.8. The molecule has 7 heteroatoms. The minimum atomic E-state index is -0.527. The monoisotopic (exact) mass is 367 g/mol. The minimum absolute atomic E-state index is 0.121. The summed E-state index contributed by atoms with van der Waals surface area (Å²) in [7, 11) is 0. The molecule has 3 aromatic rings. The Labute approximate surface area is 154 Å². The van der Waals surface area contributed by atoms with Crippen LogP contribution in [0.25, 0.3) is 11.3 Å². The van der Waals surface area contributed by atoms with Gasteiger partial charge in [-0.1, -0.05) is 43.7 Å². The summed E-state index contributed by atoms with van der Waals surface area (Å²) in [4.78, 5) is 27.0. The Balaban J connectivity index is 1.72. The number of rotatable bonds is 6. The van der Waals surface area contributed by atoms with Gasteiger partial charge in [0.1, 0.15) is 0 Å². The molecule has 0 aliphatic rings. The highest BCUT2D eigenvalue weighted by molar-refractivity contribution is 7.14. The summed E-state index contributed by atoms with van der Waals surface area (Å²) < 4.78 is 0. The van der Waals surface area contributed by atoms with Crippen LogP contribution in [0.3, 0.4) is 0 Å². The molecule has 0 radical (unpaired) electrons. The molecule has 0 saturated carbocycles. The molecule has 0 aliphatic carbocycles. The third kappa shape index (κ3) is 4.12. The fourth-order valence-electron chi connectivity index (χ4n) is 2.52. The first-order valence-corrected chi connectivity index (χ1v) is 9.05. The van der Waals surface area contributed by atoms with Crippen molar-refractivity contribution in [3.05, 3.63) is 75.2 Å². The maximum Gasteiger partial charge on any atom is 0.270 e. The van der Waals surface area contributed by atoms with Crippen LogP contribution in [0.5, 0.6) is 0 Å². The standard InChI is InChI=1S/C19H17N3O3S/c1-2-4-13-7-9-14(10-8-13)17-12-26-19(20-17)21-18(23)15-5-3-6-16(11-15)22(24)25/h3,5-12H,2,4H2,1H3,(H,20,21,23). The van der Waals surface area contributed by atoms with Gasteiger partial charge in [0.25, 0.3) is 11.6 Å². The SMILES string of the molecule is CCCc1ccc(-c2csc(NC(=O)c3cccc([N+](=O)[O-])c3)n2)cc1. The van der Waals surface area contributed by atoms with E-state index >= 15 is 0 Å². The molecule has 0 spiro atoms. The molecule has 6 nitrogen and oxygen atoms in total. The number of anilines is 1. The molecular formula is C19H17N3O3S. The number of aryl methyl sites for hydroxylation is 1. The molecule has 132 valence electrons. The molecule has 0 saturated heterocycles. The summed E-state index contributed by atoms with van der Waals surface area (Å²) in [5.74, 6) is -0.423. The van der Waals surface area contributed by atoms with Crippen LogP contribution in [0.15, 0.2) is 53.9 Å². The van der Waals surface area contributed by atoms with E-state index in [-0.39, 0.29) is 11.3 Å². The van der Waals surface area contributed by atoms with Gasteiger partial charge in [-0.05, 0) is 18.1 Å². The van der Waals surface area contributed by atoms with Crippen molar-refractivity contribution < 1.29 is 9.72 Å². The minimum Gasteiger partial charge on any atom is -0.298 e. The van der Waals surface area contributed by atoms with E-state index in [1.807, 2.05) is 17.5 Å². The lowest BCUT2D eigenvalue weighted by Gasteiger charge is -2.02. The number of nitro groups is 1. The number of nitrogens with one attached hydrogen (secondary N) is 1. The molecule has 0 aliphatic heterocycles. The molecule has 1 heterocycles. The quantitative estimate of drug-likeness (QED) is 0.495.